The van der Waals surface area contributed by atoms with Gasteiger partial charge in [0.05, 0.1) is 32.9 Å². The fraction of sp³-hybridized carbons (Fsp3) is 0.120. The van der Waals surface area contributed by atoms with Crippen molar-refractivity contribution < 1.29 is 39.5 Å². The molecule has 0 aliphatic heterocycles. The third kappa shape index (κ3) is 4.53. The van der Waals surface area contributed by atoms with E-state index < -0.39 is 46.3 Å². The third-order valence-electron chi connectivity index (χ3n) is 5.82. The number of fused-ring (bicyclic) bond motifs is 2. The zero-order valence-corrected chi connectivity index (χ0v) is 19.2. The van der Waals surface area contributed by atoms with Crippen molar-refractivity contribution in [3.63, 3.8) is 0 Å². The maximum absolute atomic E-state index is 13.6. The van der Waals surface area contributed by atoms with Gasteiger partial charge in [0.2, 0.25) is 0 Å². The number of rotatable bonds is 2. The number of benzene rings is 3. The monoisotopic (exact) mass is 559 g/mol. The van der Waals surface area contributed by atoms with E-state index in [-0.39, 0.29) is 28.2 Å². The molecule has 0 amide bonds. The highest BCUT2D eigenvalue weighted by Gasteiger charge is 2.39. The summed E-state index contributed by atoms with van der Waals surface area (Å²) in [5.41, 5.74) is -4.65. The lowest BCUT2D eigenvalue weighted by atomic mass is 9.97. The molecular formula is C25H11ClF9N3. The number of nitrogens with one attached hydrogen (secondary N) is 1. The zero-order valence-electron chi connectivity index (χ0n) is 18.4. The molecule has 0 spiro atoms. The first kappa shape index (κ1) is 25.8. The van der Waals surface area contributed by atoms with Crippen LogP contribution < -0.4 is 0 Å². The highest BCUT2D eigenvalue weighted by Crippen LogP contribution is 2.42. The van der Waals surface area contributed by atoms with Gasteiger partial charge in [-0.15, -0.1) is 0 Å². The SMILES string of the molecule is FC(F)(F)c1cnc(-c2ccc(-c3nc4c(C(F)(F)F)cc(C(F)(F)F)cc4[nH]3)c3ccccc23)c(Cl)c1. The van der Waals surface area contributed by atoms with Crippen molar-refractivity contribution >= 4 is 33.4 Å². The maximum Gasteiger partial charge on any atom is 0.418 e. The summed E-state index contributed by atoms with van der Waals surface area (Å²) in [6.45, 7) is 0. The number of hydrogen-bond donors (Lipinski definition) is 1. The van der Waals surface area contributed by atoms with Crippen LogP contribution in [0.4, 0.5) is 39.5 Å². The number of hydrogen-bond acceptors (Lipinski definition) is 2. The van der Waals surface area contributed by atoms with Crippen LogP contribution in [0.5, 0.6) is 0 Å². The Morgan fingerprint density at radius 3 is 1.87 bits per heavy atom. The van der Waals surface area contributed by atoms with E-state index in [0.717, 1.165) is 6.07 Å². The molecule has 38 heavy (non-hydrogen) atoms. The molecule has 5 aromatic rings. The average Bonchev–Trinajstić information content (AvgIpc) is 3.25. The van der Waals surface area contributed by atoms with E-state index >= 15 is 0 Å². The topological polar surface area (TPSA) is 41.6 Å². The number of aromatic nitrogens is 3. The van der Waals surface area contributed by atoms with Gasteiger partial charge in [-0.3, -0.25) is 4.98 Å². The number of alkyl halides is 9. The second-order valence-corrected chi connectivity index (χ2v) is 8.67. The Bertz CT molecular complexity index is 1700. The van der Waals surface area contributed by atoms with Gasteiger partial charge in [-0.25, -0.2) is 4.98 Å². The summed E-state index contributed by atoms with van der Waals surface area (Å²) in [6.07, 6.45) is -14.2. The van der Waals surface area contributed by atoms with Crippen LogP contribution >= 0.6 is 11.6 Å². The van der Waals surface area contributed by atoms with Crippen molar-refractivity contribution in [1.29, 1.82) is 0 Å². The smallest absolute Gasteiger partial charge is 0.338 e. The van der Waals surface area contributed by atoms with Crippen LogP contribution in [0.15, 0.2) is 60.8 Å². The molecule has 13 heteroatoms. The van der Waals surface area contributed by atoms with Crippen LogP contribution in [-0.2, 0) is 18.5 Å². The maximum atomic E-state index is 13.6. The number of H-pyrrole nitrogens is 1. The van der Waals surface area contributed by atoms with Crippen LogP contribution in [0.25, 0.3) is 44.5 Å². The van der Waals surface area contributed by atoms with Crippen LogP contribution in [0.1, 0.15) is 16.7 Å². The molecule has 0 bridgehead atoms. The minimum Gasteiger partial charge on any atom is -0.338 e. The van der Waals surface area contributed by atoms with Crippen molar-refractivity contribution in [3.8, 4) is 22.6 Å². The number of imidazole rings is 1. The van der Waals surface area contributed by atoms with Gasteiger partial charge in [0, 0.05) is 17.3 Å². The van der Waals surface area contributed by atoms with Gasteiger partial charge in [-0.1, -0.05) is 41.9 Å². The minimum absolute atomic E-state index is 0.00638. The summed E-state index contributed by atoms with van der Waals surface area (Å²) in [5.74, 6) is -0.140. The second kappa shape index (κ2) is 8.62. The first-order valence-electron chi connectivity index (χ1n) is 10.6. The zero-order chi connectivity index (χ0) is 27.6. The Kier molecular flexibility index (Phi) is 5.86. The molecule has 0 radical (unpaired) electrons. The normalized spacial score (nSPS) is 13.0. The summed E-state index contributed by atoms with van der Waals surface area (Å²) >= 11 is 6.11. The molecule has 1 N–H and O–H groups in total. The number of pyridine rings is 1. The standard InChI is InChI=1S/C25H11ClF9N3/c26-18-8-12(24(30,31)32)10-36-20(18)15-5-6-16(14-4-2-1-3-13(14)15)22-37-19-9-11(23(27,28)29)7-17(21(19)38-22)25(33,34)35/h1-10H,(H,37,38). The van der Waals surface area contributed by atoms with E-state index in [0.29, 0.717) is 28.6 Å². The van der Waals surface area contributed by atoms with E-state index in [1.54, 1.807) is 24.3 Å². The van der Waals surface area contributed by atoms with Crippen LogP contribution in [0.3, 0.4) is 0 Å². The highest BCUT2D eigenvalue weighted by atomic mass is 35.5. The van der Waals surface area contributed by atoms with Crippen molar-refractivity contribution in [3.05, 3.63) is 82.5 Å². The Morgan fingerprint density at radius 1 is 0.684 bits per heavy atom. The molecule has 196 valence electrons. The molecule has 0 aliphatic carbocycles. The molecule has 0 atom stereocenters. The van der Waals surface area contributed by atoms with Gasteiger partial charge in [0.15, 0.2) is 0 Å². The first-order chi connectivity index (χ1) is 17.6. The Morgan fingerprint density at radius 2 is 1.29 bits per heavy atom. The number of halogens is 10. The molecule has 0 saturated carbocycles. The van der Waals surface area contributed by atoms with Gasteiger partial charge in [0.1, 0.15) is 11.3 Å². The van der Waals surface area contributed by atoms with E-state index in [2.05, 4.69) is 15.0 Å². The quantitative estimate of drug-likeness (QED) is 0.219. The molecule has 2 heterocycles. The molecule has 5 rings (SSSR count). The first-order valence-corrected chi connectivity index (χ1v) is 11.0. The van der Waals surface area contributed by atoms with E-state index in [9.17, 15) is 39.5 Å². The molecule has 0 fully saturated rings. The van der Waals surface area contributed by atoms with Crippen molar-refractivity contribution in [2.75, 3.05) is 0 Å². The van der Waals surface area contributed by atoms with Crippen molar-refractivity contribution in [2.24, 2.45) is 0 Å². The molecule has 0 aliphatic rings. The molecule has 3 aromatic carbocycles. The lowest BCUT2D eigenvalue weighted by Gasteiger charge is -2.13. The van der Waals surface area contributed by atoms with E-state index in [1.807, 2.05) is 0 Å². The molecule has 0 unspecified atom stereocenters. The Hall–Kier alpha value is -3.80. The highest BCUT2D eigenvalue weighted by molar-refractivity contribution is 6.33. The van der Waals surface area contributed by atoms with E-state index in [4.69, 9.17) is 11.6 Å². The average molecular weight is 560 g/mol. The van der Waals surface area contributed by atoms with Gasteiger partial charge in [-0.2, -0.15) is 39.5 Å². The van der Waals surface area contributed by atoms with Crippen molar-refractivity contribution in [1.82, 2.24) is 15.0 Å². The molecular weight excluding hydrogens is 549 g/mol. The van der Waals surface area contributed by atoms with Gasteiger partial charge in [-0.05, 0) is 35.0 Å². The van der Waals surface area contributed by atoms with Crippen LogP contribution in [-0.4, -0.2) is 15.0 Å². The predicted octanol–water partition coefficient (Wildman–Crippen LogP) is 9.15. The van der Waals surface area contributed by atoms with Crippen LogP contribution in [0.2, 0.25) is 5.02 Å². The summed E-state index contributed by atoms with van der Waals surface area (Å²) in [5, 5.41) is 0.536. The predicted molar refractivity (Wildman–Crippen MR) is 122 cm³/mol. The lowest BCUT2D eigenvalue weighted by Crippen LogP contribution is -2.11. The molecule has 0 saturated heterocycles. The molecule has 2 aromatic heterocycles. The third-order valence-corrected chi connectivity index (χ3v) is 6.11. The van der Waals surface area contributed by atoms with Crippen LogP contribution in [0, 0.1) is 0 Å². The van der Waals surface area contributed by atoms with Crippen molar-refractivity contribution in [2.45, 2.75) is 18.5 Å². The number of aromatic amines is 1. The number of nitrogens with zero attached hydrogens (tertiary/aromatic N) is 2. The fourth-order valence-electron chi connectivity index (χ4n) is 4.13. The summed E-state index contributed by atoms with van der Waals surface area (Å²) in [4.78, 5) is 10.4. The summed E-state index contributed by atoms with van der Waals surface area (Å²) in [6, 6.07) is 10.5. The second-order valence-electron chi connectivity index (χ2n) is 8.26. The fourth-order valence-corrected chi connectivity index (χ4v) is 4.40. The summed E-state index contributed by atoms with van der Waals surface area (Å²) < 4.78 is 120. The lowest BCUT2D eigenvalue weighted by molar-refractivity contribution is -0.142. The Labute approximate surface area is 211 Å². The van der Waals surface area contributed by atoms with Gasteiger partial charge >= 0.3 is 18.5 Å². The molecule has 3 nitrogen and oxygen atoms in total. The van der Waals surface area contributed by atoms with Gasteiger partial charge in [0.25, 0.3) is 0 Å². The van der Waals surface area contributed by atoms with Gasteiger partial charge < -0.3 is 4.98 Å². The summed E-state index contributed by atoms with van der Waals surface area (Å²) in [7, 11) is 0. The largest absolute Gasteiger partial charge is 0.418 e. The van der Waals surface area contributed by atoms with E-state index in [1.165, 1.54) is 12.1 Å². The Balaban J connectivity index is 1.71. The minimum atomic E-state index is -5.11.